The molecule has 0 aliphatic rings. The first-order valence-electron chi connectivity index (χ1n) is 8.25. The summed E-state index contributed by atoms with van der Waals surface area (Å²) in [6, 6.07) is 12.2. The summed E-state index contributed by atoms with van der Waals surface area (Å²) in [6.45, 7) is 3.38. The first-order chi connectivity index (χ1) is 12.3. The lowest BCUT2D eigenvalue weighted by Crippen LogP contribution is -2.24. The van der Waals surface area contributed by atoms with E-state index < -0.39 is 0 Å². The number of nitrogens with one attached hydrogen (secondary N) is 2. The second-order valence-corrected chi connectivity index (χ2v) is 6.23. The summed E-state index contributed by atoms with van der Waals surface area (Å²) in [5, 5.41) is 5.79. The maximum absolute atomic E-state index is 12.2. The molecule has 2 N–H and O–H groups in total. The van der Waals surface area contributed by atoms with Gasteiger partial charge in [0.05, 0.1) is 12.2 Å². The lowest BCUT2D eigenvalue weighted by Gasteiger charge is -2.14. The lowest BCUT2D eigenvalue weighted by atomic mass is 10.1. The number of anilines is 2. The molecule has 6 nitrogen and oxygen atoms in total. The molecular weight excluding hydrogens is 330 g/mol. The number of ketones is 1. The standard InChI is InChI=1S/C20H23N3O3/c1-13-9-10-15(20(26)23(3)4)11-18(13)21-12-19(25)22-17-8-6-5-7-16(17)14(2)24/h5-11,21H,12H2,1-4H3,(H,22,25). The van der Waals surface area contributed by atoms with E-state index in [4.69, 9.17) is 0 Å². The fourth-order valence-electron chi connectivity index (χ4n) is 2.47. The van der Waals surface area contributed by atoms with Crippen LogP contribution >= 0.6 is 0 Å². The number of hydrogen-bond acceptors (Lipinski definition) is 4. The van der Waals surface area contributed by atoms with Crippen molar-refractivity contribution in [3.05, 3.63) is 59.2 Å². The first kappa shape index (κ1) is 19.2. The van der Waals surface area contributed by atoms with Crippen molar-refractivity contribution in [3.63, 3.8) is 0 Å². The Hall–Kier alpha value is -3.15. The van der Waals surface area contributed by atoms with E-state index >= 15 is 0 Å². The highest BCUT2D eigenvalue weighted by Crippen LogP contribution is 2.18. The molecular formula is C20H23N3O3. The number of amides is 2. The third kappa shape index (κ3) is 4.69. The van der Waals surface area contributed by atoms with Crippen LogP contribution in [0, 0.1) is 6.92 Å². The van der Waals surface area contributed by atoms with Gasteiger partial charge >= 0.3 is 0 Å². The Kier molecular flexibility index (Phi) is 6.11. The van der Waals surface area contributed by atoms with Crippen molar-refractivity contribution in [2.24, 2.45) is 0 Å². The van der Waals surface area contributed by atoms with E-state index in [9.17, 15) is 14.4 Å². The number of Topliss-reactive ketones (excluding diaryl/α,β-unsaturated/α-hetero) is 1. The summed E-state index contributed by atoms with van der Waals surface area (Å²) in [5.41, 5.74) is 3.14. The Morgan fingerprint density at radius 2 is 1.69 bits per heavy atom. The Labute approximate surface area is 153 Å². The molecule has 2 aromatic carbocycles. The van der Waals surface area contributed by atoms with Gasteiger partial charge in [-0.1, -0.05) is 18.2 Å². The molecule has 6 heteroatoms. The fraction of sp³-hybridized carbons (Fsp3) is 0.250. The molecule has 0 saturated heterocycles. The molecule has 0 saturated carbocycles. The number of carbonyl (C=O) groups is 3. The van der Waals surface area contributed by atoms with Crippen LogP contribution in [0.1, 0.15) is 33.2 Å². The highest BCUT2D eigenvalue weighted by atomic mass is 16.2. The van der Waals surface area contributed by atoms with E-state index in [2.05, 4.69) is 10.6 Å². The molecule has 0 aliphatic heterocycles. The van der Waals surface area contributed by atoms with E-state index in [1.165, 1.54) is 11.8 Å². The van der Waals surface area contributed by atoms with E-state index in [1.54, 1.807) is 50.5 Å². The maximum atomic E-state index is 12.2. The van der Waals surface area contributed by atoms with E-state index in [-0.39, 0.29) is 24.1 Å². The van der Waals surface area contributed by atoms with Gasteiger partial charge in [-0.15, -0.1) is 0 Å². The summed E-state index contributed by atoms with van der Waals surface area (Å²) in [5.74, 6) is -0.491. The minimum atomic E-state index is -0.276. The molecule has 0 spiro atoms. The molecule has 2 rings (SSSR count). The Balaban J connectivity index is 2.07. The van der Waals surface area contributed by atoms with Gasteiger partial charge in [0.15, 0.2) is 5.78 Å². The summed E-state index contributed by atoms with van der Waals surface area (Å²) < 4.78 is 0. The van der Waals surface area contributed by atoms with E-state index in [0.29, 0.717) is 22.5 Å². The molecule has 0 atom stereocenters. The van der Waals surface area contributed by atoms with Gasteiger partial charge in [0.2, 0.25) is 5.91 Å². The number of aryl methyl sites for hydroxylation is 1. The van der Waals surface area contributed by atoms with Gasteiger partial charge in [-0.05, 0) is 43.7 Å². The summed E-state index contributed by atoms with van der Waals surface area (Å²) in [7, 11) is 3.38. The second-order valence-electron chi connectivity index (χ2n) is 6.23. The number of carbonyl (C=O) groups excluding carboxylic acids is 3. The van der Waals surface area contributed by atoms with Crippen LogP contribution in [-0.2, 0) is 4.79 Å². The minimum Gasteiger partial charge on any atom is -0.376 e. The predicted molar refractivity (Wildman–Crippen MR) is 103 cm³/mol. The Bertz CT molecular complexity index is 844. The number of rotatable bonds is 6. The van der Waals surface area contributed by atoms with Gasteiger partial charge in [-0.2, -0.15) is 0 Å². The average molecular weight is 353 g/mol. The van der Waals surface area contributed by atoms with Gasteiger partial charge in [-0.3, -0.25) is 14.4 Å². The molecule has 0 unspecified atom stereocenters. The van der Waals surface area contributed by atoms with Crippen LogP contribution in [-0.4, -0.2) is 43.1 Å². The molecule has 0 aliphatic carbocycles. The SMILES string of the molecule is CC(=O)c1ccccc1NC(=O)CNc1cc(C(=O)N(C)C)ccc1C. The van der Waals surface area contributed by atoms with Crippen LogP contribution in [0.25, 0.3) is 0 Å². The summed E-state index contributed by atoms with van der Waals surface area (Å²) in [6.07, 6.45) is 0. The number of hydrogen-bond donors (Lipinski definition) is 2. The zero-order valence-corrected chi connectivity index (χ0v) is 15.4. The van der Waals surface area contributed by atoms with Crippen LogP contribution < -0.4 is 10.6 Å². The van der Waals surface area contributed by atoms with Crippen molar-refractivity contribution in [2.75, 3.05) is 31.3 Å². The average Bonchev–Trinajstić information content (AvgIpc) is 2.60. The van der Waals surface area contributed by atoms with Gasteiger partial charge in [0, 0.05) is 30.9 Å². The number of benzene rings is 2. The van der Waals surface area contributed by atoms with Crippen molar-refractivity contribution in [1.82, 2.24) is 4.90 Å². The Morgan fingerprint density at radius 1 is 1.00 bits per heavy atom. The van der Waals surface area contributed by atoms with Crippen molar-refractivity contribution in [1.29, 1.82) is 0 Å². The Morgan fingerprint density at radius 3 is 2.35 bits per heavy atom. The normalized spacial score (nSPS) is 10.2. The maximum Gasteiger partial charge on any atom is 0.253 e. The smallest absolute Gasteiger partial charge is 0.253 e. The van der Waals surface area contributed by atoms with E-state index in [0.717, 1.165) is 5.56 Å². The topological polar surface area (TPSA) is 78.5 Å². The zero-order chi connectivity index (χ0) is 19.3. The molecule has 2 aromatic rings. The monoisotopic (exact) mass is 353 g/mol. The number of nitrogens with zero attached hydrogens (tertiary/aromatic N) is 1. The minimum absolute atomic E-state index is 0.0205. The lowest BCUT2D eigenvalue weighted by molar-refractivity contribution is -0.114. The van der Waals surface area contributed by atoms with Crippen LogP contribution in [0.4, 0.5) is 11.4 Å². The van der Waals surface area contributed by atoms with Crippen LogP contribution in [0.5, 0.6) is 0 Å². The van der Waals surface area contributed by atoms with E-state index in [1.807, 2.05) is 13.0 Å². The molecule has 0 radical (unpaired) electrons. The summed E-state index contributed by atoms with van der Waals surface area (Å²) >= 11 is 0. The van der Waals surface area contributed by atoms with Crippen LogP contribution in [0.15, 0.2) is 42.5 Å². The molecule has 0 fully saturated rings. The molecule has 136 valence electrons. The molecule has 0 heterocycles. The summed E-state index contributed by atoms with van der Waals surface area (Å²) in [4.78, 5) is 37.4. The highest BCUT2D eigenvalue weighted by Gasteiger charge is 2.12. The second kappa shape index (κ2) is 8.29. The van der Waals surface area contributed by atoms with Crippen molar-refractivity contribution in [3.8, 4) is 0 Å². The third-order valence-electron chi connectivity index (χ3n) is 3.91. The molecule has 0 bridgehead atoms. The van der Waals surface area contributed by atoms with Crippen LogP contribution in [0.2, 0.25) is 0 Å². The van der Waals surface area contributed by atoms with Crippen molar-refractivity contribution < 1.29 is 14.4 Å². The molecule has 26 heavy (non-hydrogen) atoms. The van der Waals surface area contributed by atoms with Gasteiger partial charge < -0.3 is 15.5 Å². The van der Waals surface area contributed by atoms with Gasteiger partial charge in [-0.25, -0.2) is 0 Å². The third-order valence-corrected chi connectivity index (χ3v) is 3.91. The van der Waals surface area contributed by atoms with Gasteiger partial charge in [0.25, 0.3) is 5.91 Å². The van der Waals surface area contributed by atoms with Crippen molar-refractivity contribution in [2.45, 2.75) is 13.8 Å². The zero-order valence-electron chi connectivity index (χ0n) is 15.4. The fourth-order valence-corrected chi connectivity index (χ4v) is 2.47. The first-order valence-corrected chi connectivity index (χ1v) is 8.25. The molecule has 2 amide bonds. The largest absolute Gasteiger partial charge is 0.376 e. The van der Waals surface area contributed by atoms with Gasteiger partial charge in [0.1, 0.15) is 0 Å². The van der Waals surface area contributed by atoms with Crippen LogP contribution in [0.3, 0.4) is 0 Å². The quantitative estimate of drug-likeness (QED) is 0.783. The number of para-hydroxylation sites is 1. The predicted octanol–water partition coefficient (Wildman–Crippen LogP) is 2.95. The molecule has 0 aromatic heterocycles. The van der Waals surface area contributed by atoms with Crippen molar-refractivity contribution >= 4 is 29.0 Å². The highest BCUT2D eigenvalue weighted by molar-refractivity contribution is 6.04.